The largest absolute Gasteiger partial charge is 0.456 e. The number of benzene rings is 10. The van der Waals surface area contributed by atoms with Crippen LogP contribution in [0.25, 0.3) is 87.3 Å². The van der Waals surface area contributed by atoms with Gasteiger partial charge in [0.05, 0.1) is 0 Å². The minimum Gasteiger partial charge on any atom is -0.456 e. The third kappa shape index (κ3) is 4.81. The summed E-state index contributed by atoms with van der Waals surface area (Å²) >= 11 is 0. The minimum atomic E-state index is 0.903. The average Bonchev–Trinajstić information content (AvgIpc) is 3.63. The van der Waals surface area contributed by atoms with E-state index in [1.165, 1.54) is 54.2 Å². The summed E-state index contributed by atoms with van der Waals surface area (Å²) in [7, 11) is 0. The predicted molar refractivity (Wildman–Crippen MR) is 229 cm³/mol. The van der Waals surface area contributed by atoms with Gasteiger partial charge in [-0.1, -0.05) is 152 Å². The van der Waals surface area contributed by atoms with Gasteiger partial charge in [-0.3, -0.25) is 0 Å². The van der Waals surface area contributed by atoms with E-state index in [2.05, 4.69) is 193 Å². The Morgan fingerprint density at radius 2 is 0.833 bits per heavy atom. The molecule has 0 amide bonds. The Morgan fingerprint density at radius 3 is 1.61 bits per heavy atom. The molecule has 0 aliphatic rings. The van der Waals surface area contributed by atoms with E-state index < -0.39 is 0 Å². The van der Waals surface area contributed by atoms with E-state index in [1.54, 1.807) is 0 Å². The molecule has 1 heterocycles. The quantitative estimate of drug-likeness (QED) is 0.168. The predicted octanol–water partition coefficient (Wildman–Crippen LogP) is 15.0. The lowest BCUT2D eigenvalue weighted by atomic mass is 9.93. The molecule has 0 atom stereocenters. The molecule has 54 heavy (non-hydrogen) atoms. The summed E-state index contributed by atoms with van der Waals surface area (Å²) in [6.07, 6.45) is 0. The number of rotatable bonds is 5. The SMILES string of the molecule is c1cc(-c2cccc3ccccc23)cc(N(c2ccc(-c3cccc4oc5ccccc5c34)cc2)c2ccc3c4ccccc4c4ccccc4c3c2)c1. The van der Waals surface area contributed by atoms with E-state index in [-0.39, 0.29) is 0 Å². The molecule has 1 aromatic heterocycles. The van der Waals surface area contributed by atoms with Crippen LogP contribution in [-0.2, 0) is 0 Å². The Morgan fingerprint density at radius 1 is 0.296 bits per heavy atom. The maximum atomic E-state index is 6.25. The van der Waals surface area contributed by atoms with E-state index in [0.29, 0.717) is 0 Å². The smallest absolute Gasteiger partial charge is 0.136 e. The Hall–Kier alpha value is -7.16. The molecule has 0 N–H and O–H groups in total. The summed E-state index contributed by atoms with van der Waals surface area (Å²) in [6, 6.07) is 72.3. The number of anilines is 3. The molecular formula is C52H33NO. The van der Waals surface area contributed by atoms with E-state index in [0.717, 1.165) is 50.1 Å². The van der Waals surface area contributed by atoms with Crippen LogP contribution in [0.1, 0.15) is 0 Å². The third-order valence-corrected chi connectivity index (χ3v) is 11.0. The number of fused-ring (bicyclic) bond motifs is 10. The highest BCUT2D eigenvalue weighted by Gasteiger charge is 2.18. The van der Waals surface area contributed by atoms with Crippen molar-refractivity contribution in [3.05, 3.63) is 200 Å². The first-order valence-electron chi connectivity index (χ1n) is 18.5. The van der Waals surface area contributed by atoms with E-state index in [1.807, 2.05) is 12.1 Å². The lowest BCUT2D eigenvalue weighted by Crippen LogP contribution is -2.10. The van der Waals surface area contributed by atoms with E-state index in [4.69, 9.17) is 4.42 Å². The molecule has 0 spiro atoms. The van der Waals surface area contributed by atoms with E-state index in [9.17, 15) is 0 Å². The molecule has 0 saturated carbocycles. The molecule has 2 nitrogen and oxygen atoms in total. The zero-order valence-electron chi connectivity index (χ0n) is 29.4. The number of furan rings is 1. The molecule has 0 fully saturated rings. The van der Waals surface area contributed by atoms with Gasteiger partial charge in [-0.05, 0) is 114 Å². The molecule has 0 saturated heterocycles. The van der Waals surface area contributed by atoms with Gasteiger partial charge in [0.1, 0.15) is 11.2 Å². The monoisotopic (exact) mass is 687 g/mol. The van der Waals surface area contributed by atoms with E-state index >= 15 is 0 Å². The second kappa shape index (κ2) is 12.2. The number of hydrogen-bond acceptors (Lipinski definition) is 2. The van der Waals surface area contributed by atoms with Gasteiger partial charge in [0.2, 0.25) is 0 Å². The van der Waals surface area contributed by atoms with Crippen molar-refractivity contribution >= 4 is 82.1 Å². The van der Waals surface area contributed by atoms with Crippen molar-refractivity contribution < 1.29 is 4.42 Å². The Bertz CT molecular complexity index is 3190. The van der Waals surface area contributed by atoms with Crippen molar-refractivity contribution in [2.24, 2.45) is 0 Å². The van der Waals surface area contributed by atoms with Crippen molar-refractivity contribution in [2.45, 2.75) is 0 Å². The maximum absolute atomic E-state index is 6.25. The highest BCUT2D eigenvalue weighted by atomic mass is 16.3. The highest BCUT2D eigenvalue weighted by molar-refractivity contribution is 6.26. The summed E-state index contributed by atoms with van der Waals surface area (Å²) in [5.74, 6) is 0. The van der Waals surface area contributed by atoms with Gasteiger partial charge in [-0.2, -0.15) is 0 Å². The molecule has 11 aromatic rings. The van der Waals surface area contributed by atoms with Crippen molar-refractivity contribution in [1.82, 2.24) is 0 Å². The molecular weight excluding hydrogens is 655 g/mol. The van der Waals surface area contributed by atoms with Crippen LogP contribution in [0.15, 0.2) is 205 Å². The van der Waals surface area contributed by atoms with Crippen LogP contribution in [0.4, 0.5) is 17.1 Å². The summed E-state index contributed by atoms with van der Waals surface area (Å²) in [5.41, 5.74) is 9.82. The first-order valence-corrected chi connectivity index (χ1v) is 18.5. The van der Waals surface area contributed by atoms with Gasteiger partial charge in [0.25, 0.3) is 0 Å². The molecule has 252 valence electrons. The molecule has 0 unspecified atom stereocenters. The van der Waals surface area contributed by atoms with Crippen molar-refractivity contribution in [1.29, 1.82) is 0 Å². The van der Waals surface area contributed by atoms with Crippen LogP contribution >= 0.6 is 0 Å². The van der Waals surface area contributed by atoms with Gasteiger partial charge in [0, 0.05) is 27.8 Å². The van der Waals surface area contributed by atoms with Gasteiger partial charge in [-0.15, -0.1) is 0 Å². The average molecular weight is 688 g/mol. The molecule has 0 aliphatic carbocycles. The van der Waals surface area contributed by atoms with Gasteiger partial charge < -0.3 is 9.32 Å². The van der Waals surface area contributed by atoms with Crippen molar-refractivity contribution in [2.75, 3.05) is 4.90 Å². The summed E-state index contributed by atoms with van der Waals surface area (Å²) in [6.45, 7) is 0. The molecule has 0 radical (unpaired) electrons. The molecule has 10 aromatic carbocycles. The van der Waals surface area contributed by atoms with Crippen LogP contribution in [0, 0.1) is 0 Å². The second-order valence-corrected chi connectivity index (χ2v) is 14.1. The van der Waals surface area contributed by atoms with Gasteiger partial charge >= 0.3 is 0 Å². The third-order valence-electron chi connectivity index (χ3n) is 11.0. The summed E-state index contributed by atoms with van der Waals surface area (Å²) in [4.78, 5) is 2.40. The second-order valence-electron chi connectivity index (χ2n) is 14.1. The molecule has 0 bridgehead atoms. The number of nitrogens with zero attached hydrogens (tertiary/aromatic N) is 1. The van der Waals surface area contributed by atoms with Crippen LogP contribution in [-0.4, -0.2) is 0 Å². The first kappa shape index (κ1) is 30.5. The summed E-state index contributed by atoms with van der Waals surface area (Å²) in [5, 5.41) is 12.3. The minimum absolute atomic E-state index is 0.903. The Balaban J connectivity index is 1.12. The fourth-order valence-electron chi connectivity index (χ4n) is 8.58. The van der Waals surface area contributed by atoms with Crippen molar-refractivity contribution in [3.8, 4) is 22.3 Å². The summed E-state index contributed by atoms with van der Waals surface area (Å²) < 4.78 is 6.25. The Labute approximate surface area is 312 Å². The van der Waals surface area contributed by atoms with Crippen LogP contribution < -0.4 is 4.90 Å². The van der Waals surface area contributed by atoms with Gasteiger partial charge in [0.15, 0.2) is 0 Å². The topological polar surface area (TPSA) is 16.4 Å². The normalized spacial score (nSPS) is 11.7. The zero-order valence-corrected chi connectivity index (χ0v) is 29.4. The van der Waals surface area contributed by atoms with Crippen molar-refractivity contribution in [3.63, 3.8) is 0 Å². The van der Waals surface area contributed by atoms with Crippen LogP contribution in [0.5, 0.6) is 0 Å². The highest BCUT2D eigenvalue weighted by Crippen LogP contribution is 2.43. The first-order chi connectivity index (χ1) is 26.8. The molecule has 0 aliphatic heterocycles. The maximum Gasteiger partial charge on any atom is 0.136 e. The Kier molecular flexibility index (Phi) is 6.90. The number of para-hydroxylation sites is 1. The van der Waals surface area contributed by atoms with Crippen LogP contribution in [0.2, 0.25) is 0 Å². The standard InChI is InChI=1S/C52H33NO/c1-2-16-40-34(12-1)13-10-22-41(40)36-14-9-15-38(32-36)53(39-30-31-47-45-19-4-3-17-43(45)44-18-5-6-20-46(44)49(47)33-39)37-28-26-35(27-29-37)42-23-11-25-51-52(42)48-21-7-8-24-50(48)54-51/h1-33H. The lowest BCUT2D eigenvalue weighted by Gasteiger charge is -2.27. The van der Waals surface area contributed by atoms with Gasteiger partial charge in [-0.25, -0.2) is 0 Å². The lowest BCUT2D eigenvalue weighted by molar-refractivity contribution is 0.669. The molecule has 2 heteroatoms. The molecule has 11 rings (SSSR count). The zero-order chi connectivity index (χ0) is 35.6. The fourth-order valence-corrected chi connectivity index (χ4v) is 8.58. The fraction of sp³-hybridized carbons (Fsp3) is 0. The van der Waals surface area contributed by atoms with Crippen LogP contribution in [0.3, 0.4) is 0 Å². The number of hydrogen-bond donors (Lipinski definition) is 0.